The van der Waals surface area contributed by atoms with E-state index in [0.717, 1.165) is 0 Å². The molecule has 0 aromatic carbocycles. The van der Waals surface area contributed by atoms with Crippen molar-refractivity contribution in [3.8, 4) is 0 Å². The first kappa shape index (κ1) is 11.2. The highest BCUT2D eigenvalue weighted by Crippen LogP contribution is 2.38. The number of epoxide rings is 1. The van der Waals surface area contributed by atoms with Crippen LogP contribution in [-0.4, -0.2) is 24.8 Å². The minimum atomic E-state index is -0.296. The summed E-state index contributed by atoms with van der Waals surface area (Å²) >= 11 is 0. The number of rotatable bonds is 3. The predicted octanol–water partition coefficient (Wildman–Crippen LogP) is 1.92. The Bertz CT molecular complexity index is 237. The fraction of sp³-hybridized carbons (Fsp3) is 0.727. The summed E-state index contributed by atoms with van der Waals surface area (Å²) in [4.78, 5) is 11.0. The van der Waals surface area contributed by atoms with E-state index in [9.17, 15) is 4.79 Å². The quantitative estimate of drug-likeness (QED) is 0.395. The lowest BCUT2D eigenvalue weighted by atomic mass is 9.90. The number of carbonyl (C=O) groups is 1. The molecule has 0 aromatic rings. The molecular formula is C11H18O3. The Labute approximate surface area is 85.1 Å². The standard InChI is InChI=1S/C11H18O3/c1-5-13-9(12)7-6-8-10(14-8)11(2,3)4/h6-8,10H,5H2,1-4H3/b7-6+/t8-,10+/m0/s1. The van der Waals surface area contributed by atoms with Crippen molar-refractivity contribution in [3.63, 3.8) is 0 Å². The molecule has 0 amide bonds. The molecule has 0 N–H and O–H groups in total. The highest BCUT2D eigenvalue weighted by molar-refractivity contribution is 5.82. The Morgan fingerprint density at radius 1 is 1.50 bits per heavy atom. The van der Waals surface area contributed by atoms with E-state index in [-0.39, 0.29) is 23.6 Å². The van der Waals surface area contributed by atoms with Gasteiger partial charge in [-0.2, -0.15) is 0 Å². The van der Waals surface area contributed by atoms with Crippen LogP contribution < -0.4 is 0 Å². The van der Waals surface area contributed by atoms with Gasteiger partial charge in [0.15, 0.2) is 0 Å². The van der Waals surface area contributed by atoms with Crippen LogP contribution in [0.15, 0.2) is 12.2 Å². The molecule has 0 bridgehead atoms. The SMILES string of the molecule is CCOC(=O)/C=C/[C@@H]1O[C@H]1C(C)(C)C. The molecule has 1 aliphatic rings. The van der Waals surface area contributed by atoms with Gasteiger partial charge in [0.2, 0.25) is 0 Å². The van der Waals surface area contributed by atoms with Crippen LogP contribution in [0.1, 0.15) is 27.7 Å². The molecular weight excluding hydrogens is 180 g/mol. The van der Waals surface area contributed by atoms with E-state index in [2.05, 4.69) is 20.8 Å². The van der Waals surface area contributed by atoms with Crippen LogP contribution in [0.4, 0.5) is 0 Å². The van der Waals surface area contributed by atoms with Crippen LogP contribution in [0.2, 0.25) is 0 Å². The van der Waals surface area contributed by atoms with Crippen LogP contribution >= 0.6 is 0 Å². The van der Waals surface area contributed by atoms with Crippen LogP contribution in [-0.2, 0) is 14.3 Å². The summed E-state index contributed by atoms with van der Waals surface area (Å²) in [5, 5.41) is 0. The molecule has 1 rings (SSSR count). The van der Waals surface area contributed by atoms with Gasteiger partial charge >= 0.3 is 5.97 Å². The largest absolute Gasteiger partial charge is 0.463 e. The lowest BCUT2D eigenvalue weighted by Crippen LogP contribution is -2.15. The van der Waals surface area contributed by atoms with Crippen LogP contribution in [0.25, 0.3) is 0 Å². The summed E-state index contributed by atoms with van der Waals surface area (Å²) in [5.74, 6) is -0.296. The molecule has 0 aliphatic carbocycles. The Morgan fingerprint density at radius 3 is 2.57 bits per heavy atom. The topological polar surface area (TPSA) is 38.8 Å². The Hall–Kier alpha value is -0.830. The van der Waals surface area contributed by atoms with E-state index in [1.165, 1.54) is 6.08 Å². The predicted molar refractivity (Wildman–Crippen MR) is 53.9 cm³/mol. The molecule has 0 spiro atoms. The minimum Gasteiger partial charge on any atom is -0.463 e. The molecule has 3 heteroatoms. The third-order valence-electron chi connectivity index (χ3n) is 2.09. The lowest BCUT2D eigenvalue weighted by molar-refractivity contribution is -0.137. The molecule has 1 aliphatic heterocycles. The first-order chi connectivity index (χ1) is 6.45. The van der Waals surface area contributed by atoms with Gasteiger partial charge in [-0.1, -0.05) is 20.8 Å². The Kier molecular flexibility index (Phi) is 3.32. The number of esters is 1. The maximum absolute atomic E-state index is 11.0. The minimum absolute atomic E-state index is 0.0828. The molecule has 0 unspecified atom stereocenters. The van der Waals surface area contributed by atoms with Gasteiger partial charge in [-0.05, 0) is 18.4 Å². The second-order valence-corrected chi connectivity index (χ2v) is 4.50. The van der Waals surface area contributed by atoms with Gasteiger partial charge in [0.25, 0.3) is 0 Å². The number of hydrogen-bond acceptors (Lipinski definition) is 3. The molecule has 80 valence electrons. The zero-order chi connectivity index (χ0) is 10.8. The highest BCUT2D eigenvalue weighted by Gasteiger charge is 2.45. The summed E-state index contributed by atoms with van der Waals surface area (Å²) in [6, 6.07) is 0. The molecule has 1 saturated heterocycles. The smallest absolute Gasteiger partial charge is 0.330 e. The fourth-order valence-corrected chi connectivity index (χ4v) is 1.33. The van der Waals surface area contributed by atoms with Crippen molar-refractivity contribution in [2.45, 2.75) is 39.9 Å². The molecule has 1 fully saturated rings. The normalized spacial score (nSPS) is 26.6. The summed E-state index contributed by atoms with van der Waals surface area (Å²) in [6.07, 6.45) is 3.53. The van der Waals surface area contributed by atoms with Crippen molar-refractivity contribution >= 4 is 5.97 Å². The molecule has 0 radical (unpaired) electrons. The van der Waals surface area contributed by atoms with Gasteiger partial charge in [-0.3, -0.25) is 0 Å². The van der Waals surface area contributed by atoms with Crippen molar-refractivity contribution in [1.29, 1.82) is 0 Å². The summed E-state index contributed by atoms with van der Waals surface area (Å²) in [6.45, 7) is 8.57. The van der Waals surface area contributed by atoms with Gasteiger partial charge in [0.05, 0.1) is 12.7 Å². The number of carbonyl (C=O) groups excluding carboxylic acids is 1. The van der Waals surface area contributed by atoms with Crippen LogP contribution in [0.3, 0.4) is 0 Å². The zero-order valence-corrected chi connectivity index (χ0v) is 9.24. The van der Waals surface area contributed by atoms with Gasteiger partial charge in [-0.15, -0.1) is 0 Å². The molecule has 14 heavy (non-hydrogen) atoms. The van der Waals surface area contributed by atoms with Gasteiger partial charge in [-0.25, -0.2) is 4.79 Å². The average Bonchev–Trinajstić information content (AvgIpc) is 2.79. The van der Waals surface area contributed by atoms with Crippen LogP contribution in [0, 0.1) is 5.41 Å². The van der Waals surface area contributed by atoms with E-state index in [4.69, 9.17) is 9.47 Å². The first-order valence-electron chi connectivity index (χ1n) is 4.95. The van der Waals surface area contributed by atoms with E-state index in [1.807, 2.05) is 0 Å². The molecule has 2 atom stereocenters. The van der Waals surface area contributed by atoms with Crippen molar-refractivity contribution < 1.29 is 14.3 Å². The van der Waals surface area contributed by atoms with Gasteiger partial charge in [0.1, 0.15) is 6.10 Å². The van der Waals surface area contributed by atoms with Crippen molar-refractivity contribution in [2.75, 3.05) is 6.61 Å². The monoisotopic (exact) mass is 198 g/mol. The lowest BCUT2D eigenvalue weighted by Gasteiger charge is -2.13. The third-order valence-corrected chi connectivity index (χ3v) is 2.09. The summed E-state index contributed by atoms with van der Waals surface area (Å²) in [7, 11) is 0. The second kappa shape index (κ2) is 4.13. The highest BCUT2D eigenvalue weighted by atomic mass is 16.6. The first-order valence-corrected chi connectivity index (χ1v) is 4.95. The Morgan fingerprint density at radius 2 is 2.14 bits per heavy atom. The molecule has 3 nitrogen and oxygen atoms in total. The van der Waals surface area contributed by atoms with E-state index >= 15 is 0 Å². The molecule has 0 aromatic heterocycles. The molecule has 1 heterocycles. The fourth-order valence-electron chi connectivity index (χ4n) is 1.33. The maximum atomic E-state index is 11.0. The van der Waals surface area contributed by atoms with Gasteiger partial charge < -0.3 is 9.47 Å². The Balaban J connectivity index is 2.32. The van der Waals surface area contributed by atoms with E-state index in [0.29, 0.717) is 6.61 Å². The van der Waals surface area contributed by atoms with Crippen LogP contribution in [0.5, 0.6) is 0 Å². The van der Waals surface area contributed by atoms with Gasteiger partial charge in [0, 0.05) is 6.08 Å². The second-order valence-electron chi connectivity index (χ2n) is 4.50. The zero-order valence-electron chi connectivity index (χ0n) is 9.24. The average molecular weight is 198 g/mol. The van der Waals surface area contributed by atoms with E-state index < -0.39 is 0 Å². The van der Waals surface area contributed by atoms with Crippen molar-refractivity contribution in [2.24, 2.45) is 5.41 Å². The summed E-state index contributed by atoms with van der Waals surface area (Å²) in [5.41, 5.74) is 0.143. The molecule has 0 saturated carbocycles. The van der Waals surface area contributed by atoms with Crippen molar-refractivity contribution in [3.05, 3.63) is 12.2 Å². The number of ether oxygens (including phenoxy) is 2. The number of hydrogen-bond donors (Lipinski definition) is 0. The third kappa shape index (κ3) is 3.14. The van der Waals surface area contributed by atoms with E-state index in [1.54, 1.807) is 13.0 Å². The van der Waals surface area contributed by atoms with Crippen molar-refractivity contribution in [1.82, 2.24) is 0 Å². The summed E-state index contributed by atoms with van der Waals surface area (Å²) < 4.78 is 10.2. The maximum Gasteiger partial charge on any atom is 0.330 e.